The van der Waals surface area contributed by atoms with E-state index in [0.29, 0.717) is 98.0 Å². The Morgan fingerprint density at radius 3 is 2.00 bits per heavy atom. The summed E-state index contributed by atoms with van der Waals surface area (Å²) in [6, 6.07) is 25.2. The minimum atomic E-state index is -0.538. The summed E-state index contributed by atoms with van der Waals surface area (Å²) in [5, 5.41) is 31.5. The van der Waals surface area contributed by atoms with E-state index in [1.807, 2.05) is 30.3 Å². The summed E-state index contributed by atoms with van der Waals surface area (Å²) in [4.78, 5) is 26.1. The summed E-state index contributed by atoms with van der Waals surface area (Å²) in [5.41, 5.74) is 5.00. The van der Waals surface area contributed by atoms with Crippen molar-refractivity contribution in [3.8, 4) is 45.5 Å². The molecule has 0 saturated carbocycles. The molecule has 2 aliphatic heterocycles. The van der Waals surface area contributed by atoms with Crippen LogP contribution in [0.25, 0.3) is 22.5 Å². The summed E-state index contributed by atoms with van der Waals surface area (Å²) in [7, 11) is 3.02. The average molecular weight is 929 g/mol. The molecule has 5 N–H and O–H groups in total. The van der Waals surface area contributed by atoms with Crippen molar-refractivity contribution in [3.63, 3.8) is 0 Å². The van der Waals surface area contributed by atoms with Crippen LogP contribution in [-0.2, 0) is 19.4 Å². The van der Waals surface area contributed by atoms with Gasteiger partial charge in [-0.1, -0.05) is 24.3 Å². The number of aromatic nitrogens is 4. The molecular formula is C52H62F2N10O4. The number of piperazine rings is 2. The molecule has 14 nitrogen and oxygen atoms in total. The van der Waals surface area contributed by atoms with E-state index in [9.17, 15) is 10.2 Å². The fourth-order valence-corrected chi connectivity index (χ4v) is 9.17. The van der Waals surface area contributed by atoms with Crippen LogP contribution in [0.3, 0.4) is 0 Å². The van der Waals surface area contributed by atoms with Crippen molar-refractivity contribution < 1.29 is 28.5 Å². The Morgan fingerprint density at radius 1 is 0.706 bits per heavy atom. The van der Waals surface area contributed by atoms with Gasteiger partial charge in [-0.25, -0.2) is 28.7 Å². The van der Waals surface area contributed by atoms with Crippen LogP contribution in [0.4, 0.5) is 20.7 Å². The number of ether oxygens (including phenoxy) is 2. The van der Waals surface area contributed by atoms with Crippen LogP contribution >= 0.6 is 0 Å². The van der Waals surface area contributed by atoms with Gasteiger partial charge in [0.2, 0.25) is 11.9 Å². The van der Waals surface area contributed by atoms with E-state index in [1.165, 1.54) is 26.4 Å². The number of anilines is 2. The van der Waals surface area contributed by atoms with E-state index >= 15 is 8.78 Å². The molecule has 4 aromatic carbocycles. The molecule has 6 aromatic rings. The van der Waals surface area contributed by atoms with Gasteiger partial charge in [-0.15, -0.1) is 0 Å². The van der Waals surface area contributed by atoms with Gasteiger partial charge in [0.25, 0.3) is 0 Å². The molecular weight excluding hydrogens is 867 g/mol. The highest BCUT2D eigenvalue weighted by molar-refractivity contribution is 5.64. The molecule has 2 fully saturated rings. The summed E-state index contributed by atoms with van der Waals surface area (Å²) >= 11 is 0. The lowest BCUT2D eigenvalue weighted by atomic mass is 10.0. The van der Waals surface area contributed by atoms with E-state index in [-0.39, 0.29) is 35.0 Å². The molecule has 68 heavy (non-hydrogen) atoms. The van der Waals surface area contributed by atoms with Gasteiger partial charge >= 0.3 is 0 Å². The number of hydrogen-bond acceptors (Lipinski definition) is 14. The molecule has 8 rings (SSSR count). The molecule has 2 saturated heterocycles. The van der Waals surface area contributed by atoms with E-state index in [4.69, 9.17) is 24.4 Å². The lowest BCUT2D eigenvalue weighted by molar-refractivity contribution is 0.0909. The average Bonchev–Trinajstić information content (AvgIpc) is 3.33. The molecule has 4 heterocycles. The van der Waals surface area contributed by atoms with Crippen LogP contribution in [0.15, 0.2) is 97.3 Å². The molecule has 0 amide bonds. The fraction of sp³-hybridized carbons (Fsp3) is 0.385. The number of rotatable bonds is 17. The number of nitrogens with zero attached hydrogens (tertiary/aromatic N) is 7. The normalized spacial score (nSPS) is 19.4. The van der Waals surface area contributed by atoms with E-state index in [2.05, 4.69) is 63.3 Å². The quantitative estimate of drug-likeness (QED) is 0.0611. The molecule has 0 spiro atoms. The first-order valence-electron chi connectivity index (χ1n) is 23.3. The second kappa shape index (κ2) is 21.7. The molecule has 16 heteroatoms. The second-order valence-corrected chi connectivity index (χ2v) is 18.0. The summed E-state index contributed by atoms with van der Waals surface area (Å²) < 4.78 is 42.8. The van der Waals surface area contributed by atoms with Crippen molar-refractivity contribution >= 4 is 11.9 Å². The lowest BCUT2D eigenvalue weighted by Gasteiger charge is -2.47. The number of phenolic OH excluding ortho intramolecular Hbond substituents is 2. The van der Waals surface area contributed by atoms with Crippen molar-refractivity contribution in [2.24, 2.45) is 0 Å². The number of halogens is 2. The van der Waals surface area contributed by atoms with Gasteiger partial charge in [0.15, 0.2) is 23.0 Å². The number of nitrogens with one attached hydrogen (secondary N) is 3. The Hall–Kier alpha value is -6.46. The summed E-state index contributed by atoms with van der Waals surface area (Å²) in [6.45, 7) is 13.3. The zero-order chi connectivity index (χ0) is 47.9. The second-order valence-electron chi connectivity index (χ2n) is 18.0. The minimum absolute atomic E-state index is 0.0205. The molecule has 0 radical (unpaired) electrons. The van der Waals surface area contributed by atoms with Crippen molar-refractivity contribution in [2.75, 3.05) is 63.7 Å². The highest BCUT2D eigenvalue weighted by Crippen LogP contribution is 2.37. The third-order valence-electron chi connectivity index (χ3n) is 13.0. The van der Waals surface area contributed by atoms with Crippen LogP contribution in [0.2, 0.25) is 0 Å². The largest absolute Gasteiger partial charge is 0.504 e. The topological polar surface area (TPSA) is 156 Å². The van der Waals surface area contributed by atoms with Crippen molar-refractivity contribution in [1.29, 1.82) is 0 Å². The third-order valence-corrected chi connectivity index (χ3v) is 13.0. The van der Waals surface area contributed by atoms with Crippen LogP contribution in [-0.4, -0.2) is 118 Å². The van der Waals surface area contributed by atoms with Crippen molar-refractivity contribution in [3.05, 3.63) is 131 Å². The summed E-state index contributed by atoms with van der Waals surface area (Å²) in [6.07, 6.45) is 3.76. The molecule has 2 aliphatic rings. The van der Waals surface area contributed by atoms with Gasteiger partial charge in [-0.3, -0.25) is 9.80 Å². The van der Waals surface area contributed by atoms with Gasteiger partial charge < -0.3 is 40.5 Å². The number of hydrogen-bond donors (Lipinski definition) is 5. The SMILES string of the molecule is COc1ccc(CCNc2nccc(-c3cc(C(N(CCc4ccc(OC)c(O)c4)c4nccc(-c5cc(CN6C[C@@H](C)NC[C@@H]6C)ccc5F)n4)N4C[C@@H](C)NC[C@H]4C)ccc3F)n2)cc1O. The van der Waals surface area contributed by atoms with Gasteiger partial charge in [0.05, 0.1) is 25.6 Å². The maximum absolute atomic E-state index is 16.2. The first-order valence-corrected chi connectivity index (χ1v) is 23.3. The highest BCUT2D eigenvalue weighted by atomic mass is 19.1. The first-order chi connectivity index (χ1) is 32.9. The first kappa shape index (κ1) is 48.0. The molecule has 5 atom stereocenters. The lowest BCUT2D eigenvalue weighted by Crippen LogP contribution is -2.58. The highest BCUT2D eigenvalue weighted by Gasteiger charge is 2.36. The Balaban J connectivity index is 1.17. The monoisotopic (exact) mass is 928 g/mol. The fourth-order valence-electron chi connectivity index (χ4n) is 9.17. The zero-order valence-corrected chi connectivity index (χ0v) is 39.6. The number of methoxy groups -OCH3 is 2. The smallest absolute Gasteiger partial charge is 0.227 e. The van der Waals surface area contributed by atoms with Crippen LogP contribution < -0.4 is 30.3 Å². The number of aromatic hydroxyl groups is 2. The van der Waals surface area contributed by atoms with Gasteiger partial charge in [-0.05, 0) is 123 Å². The maximum Gasteiger partial charge on any atom is 0.227 e. The van der Waals surface area contributed by atoms with Crippen molar-refractivity contribution in [1.82, 2.24) is 40.4 Å². The number of benzene rings is 4. The standard InChI is InChI=1S/C52H62F2N10O4/c1-32-29-62(34(3)27-58-32)31-38-7-11-42(53)40(23-38)45-17-21-57-52(61-45)63(22-18-37-9-14-49(68-6)47(66)25-37)50(64-30-33(2)59-28-35(64)4)39-10-12-43(54)41(26-39)44-16-20-56-51(60-44)55-19-15-36-8-13-48(67-5)46(65)24-36/h7-14,16-17,20-21,23-26,32-35,50,58-59,65-66H,15,18-19,22,27-31H2,1-6H3,(H,55,56,60)/t32-,33-,34+,35-,50?/m1/s1. The Kier molecular flexibility index (Phi) is 15.3. The molecule has 0 aliphatic carbocycles. The van der Waals surface area contributed by atoms with Crippen LogP contribution in [0.1, 0.15) is 56.1 Å². The predicted molar refractivity (Wildman–Crippen MR) is 261 cm³/mol. The van der Waals surface area contributed by atoms with E-state index in [0.717, 1.165) is 35.3 Å². The Bertz CT molecular complexity index is 2680. The summed E-state index contributed by atoms with van der Waals surface area (Å²) in [5.74, 6) is 0.704. The Labute approximate surface area is 397 Å². The van der Waals surface area contributed by atoms with Crippen molar-refractivity contribution in [2.45, 2.75) is 77.4 Å². The van der Waals surface area contributed by atoms with Gasteiger partial charge in [0, 0.05) is 93.5 Å². The molecule has 0 bridgehead atoms. The number of phenols is 2. The minimum Gasteiger partial charge on any atom is -0.504 e. The van der Waals surface area contributed by atoms with Gasteiger partial charge in [-0.2, -0.15) is 0 Å². The van der Waals surface area contributed by atoms with E-state index < -0.39 is 12.0 Å². The van der Waals surface area contributed by atoms with Crippen LogP contribution in [0, 0.1) is 11.6 Å². The molecule has 1 unspecified atom stereocenters. The Morgan fingerprint density at radius 2 is 1.31 bits per heavy atom. The van der Waals surface area contributed by atoms with Gasteiger partial charge in [0.1, 0.15) is 17.8 Å². The molecule has 2 aromatic heterocycles. The van der Waals surface area contributed by atoms with E-state index in [1.54, 1.807) is 54.9 Å². The van der Waals surface area contributed by atoms with Crippen LogP contribution in [0.5, 0.6) is 23.0 Å². The molecule has 358 valence electrons. The third kappa shape index (κ3) is 11.3. The maximum atomic E-state index is 16.2. The predicted octanol–water partition coefficient (Wildman–Crippen LogP) is 7.57. The zero-order valence-electron chi connectivity index (χ0n) is 39.6.